The van der Waals surface area contributed by atoms with Crippen molar-refractivity contribution >= 4 is 32.9 Å². The van der Waals surface area contributed by atoms with Gasteiger partial charge in [-0.15, -0.1) is 0 Å². The van der Waals surface area contributed by atoms with Gasteiger partial charge in [-0.3, -0.25) is 0 Å². The molecule has 0 saturated heterocycles. The number of halogens is 6. The van der Waals surface area contributed by atoms with Crippen molar-refractivity contribution in [2.24, 2.45) is 0 Å². The summed E-state index contributed by atoms with van der Waals surface area (Å²) < 4.78 is 129. The summed E-state index contributed by atoms with van der Waals surface area (Å²) in [5, 5.41) is 5.44. The molecule has 2 atom stereocenters. The van der Waals surface area contributed by atoms with Gasteiger partial charge in [-0.1, -0.05) is 18.2 Å². The van der Waals surface area contributed by atoms with E-state index in [1.54, 1.807) is 0 Å². The van der Waals surface area contributed by atoms with Gasteiger partial charge in [-0.25, -0.2) is 25.6 Å². The second kappa shape index (κ2) is 14.1. The van der Waals surface area contributed by atoms with Crippen LogP contribution in [0.1, 0.15) is 0 Å². The smallest absolute Gasteiger partial charge is 0.743 e. The molecule has 8 nitrogen and oxygen atoms in total. The molecule has 0 aliphatic rings. The average Bonchev–Trinajstić information content (AvgIpc) is 2.60. The van der Waals surface area contributed by atoms with Crippen LogP contribution in [0.5, 0.6) is 0 Å². The van der Waals surface area contributed by atoms with E-state index < -0.39 is 56.3 Å². The van der Waals surface area contributed by atoms with E-state index in [2.05, 4.69) is 12.6 Å². The summed E-state index contributed by atoms with van der Waals surface area (Å²) in [6.45, 7) is -3.43. The van der Waals surface area contributed by atoms with Gasteiger partial charge in [0.15, 0.2) is 32.6 Å². The van der Waals surface area contributed by atoms with E-state index in [1.807, 2.05) is 30.3 Å². The summed E-state index contributed by atoms with van der Waals surface area (Å²) in [5.41, 5.74) is 0. The SMILES string of the molecule is O=S(=O)([O-])C(F)(F)C(F)CO.O=S(=O)([O-])C(F)(F)C(F)CO.[Na+].[SH2+]c1ccccc1. The van der Waals surface area contributed by atoms with Crippen molar-refractivity contribution in [2.75, 3.05) is 13.2 Å². The van der Waals surface area contributed by atoms with Crippen LogP contribution in [0.25, 0.3) is 0 Å². The van der Waals surface area contributed by atoms with Gasteiger partial charge in [-0.05, 0) is 24.8 Å². The first-order chi connectivity index (χ1) is 12.9. The minimum Gasteiger partial charge on any atom is -0.743 e. The normalized spacial score (nSPS) is 14.1. The third-order valence-electron chi connectivity index (χ3n) is 2.49. The molecule has 0 saturated carbocycles. The molecule has 0 aromatic heterocycles. The maximum Gasteiger partial charge on any atom is 1.00 e. The molecule has 30 heavy (non-hydrogen) atoms. The number of hydrogen-bond donors (Lipinski definition) is 2. The Morgan fingerprint density at radius 2 is 1.10 bits per heavy atom. The molecule has 1 aromatic carbocycles. The minimum atomic E-state index is -6.03. The van der Waals surface area contributed by atoms with Gasteiger partial charge in [-0.2, -0.15) is 17.6 Å². The number of aliphatic hydroxyl groups is 2. The fourth-order valence-electron chi connectivity index (χ4n) is 0.964. The Hall–Kier alpha value is -0.110. The molecule has 18 heteroatoms. The summed E-state index contributed by atoms with van der Waals surface area (Å²) in [4.78, 5) is 1.13. The van der Waals surface area contributed by atoms with Crippen molar-refractivity contribution in [2.45, 2.75) is 27.7 Å². The van der Waals surface area contributed by atoms with E-state index >= 15 is 0 Å². The summed E-state index contributed by atoms with van der Waals surface area (Å²) in [6, 6.07) is 9.96. The molecule has 172 valence electrons. The number of alkyl halides is 6. The molecular formula is C12H15F6NaO8S3. The van der Waals surface area contributed by atoms with Crippen molar-refractivity contribution in [1.29, 1.82) is 0 Å². The quantitative estimate of drug-likeness (QED) is 0.174. The maximum absolute atomic E-state index is 11.9. The van der Waals surface area contributed by atoms with Crippen LogP contribution in [0.15, 0.2) is 35.2 Å². The van der Waals surface area contributed by atoms with Crippen LogP contribution < -0.4 is 29.6 Å². The molecule has 0 bridgehead atoms. The van der Waals surface area contributed by atoms with Crippen molar-refractivity contribution in [3.63, 3.8) is 0 Å². The number of hydrogen-bond acceptors (Lipinski definition) is 8. The van der Waals surface area contributed by atoms with Crippen LogP contribution in [0, 0.1) is 0 Å². The van der Waals surface area contributed by atoms with E-state index in [0.717, 1.165) is 4.90 Å². The van der Waals surface area contributed by atoms with Crippen molar-refractivity contribution in [1.82, 2.24) is 0 Å². The van der Waals surface area contributed by atoms with Crippen molar-refractivity contribution in [3.8, 4) is 0 Å². The predicted octanol–water partition coefficient (Wildman–Crippen LogP) is -3.03. The average molecular weight is 520 g/mol. The van der Waals surface area contributed by atoms with E-state index in [0.29, 0.717) is 0 Å². The summed E-state index contributed by atoms with van der Waals surface area (Å²) in [6.07, 6.45) is -6.74. The fraction of sp³-hybridized carbons (Fsp3) is 0.500. The fourth-order valence-corrected chi connectivity index (χ4v) is 1.93. The minimum absolute atomic E-state index is 0. The molecule has 0 spiro atoms. The zero-order valence-corrected chi connectivity index (χ0v) is 19.5. The molecular weight excluding hydrogens is 505 g/mol. The summed E-state index contributed by atoms with van der Waals surface area (Å²) >= 11 is 3.36. The Morgan fingerprint density at radius 3 is 1.20 bits per heavy atom. The number of aliphatic hydroxyl groups excluding tert-OH is 2. The van der Waals surface area contributed by atoms with Crippen LogP contribution in [0.2, 0.25) is 0 Å². The van der Waals surface area contributed by atoms with Crippen molar-refractivity contribution in [3.05, 3.63) is 30.3 Å². The molecule has 0 radical (unpaired) electrons. The third-order valence-corrected chi connectivity index (χ3v) is 4.67. The van der Waals surface area contributed by atoms with Gasteiger partial charge in [0.05, 0.1) is 13.2 Å². The zero-order chi connectivity index (χ0) is 23.7. The molecule has 0 amide bonds. The second-order valence-corrected chi connectivity index (χ2v) is 8.18. The molecule has 2 unspecified atom stereocenters. The predicted molar refractivity (Wildman–Crippen MR) is 88.1 cm³/mol. The van der Waals surface area contributed by atoms with E-state index in [4.69, 9.17) is 10.2 Å². The first-order valence-electron chi connectivity index (χ1n) is 6.79. The van der Waals surface area contributed by atoms with E-state index in [-0.39, 0.29) is 29.6 Å². The van der Waals surface area contributed by atoms with Crippen LogP contribution >= 0.6 is 0 Å². The van der Waals surface area contributed by atoms with Gasteiger partial charge in [0.25, 0.3) is 0 Å². The van der Waals surface area contributed by atoms with Gasteiger partial charge < -0.3 is 19.3 Å². The Balaban J connectivity index is -0.000000366. The largest absolute Gasteiger partial charge is 1.00 e. The summed E-state index contributed by atoms with van der Waals surface area (Å²) in [7, 11) is -12.1. The van der Waals surface area contributed by atoms with Crippen LogP contribution in [0.3, 0.4) is 0 Å². The molecule has 0 aliphatic heterocycles. The zero-order valence-electron chi connectivity index (χ0n) is 14.9. The molecule has 1 rings (SSSR count). The van der Waals surface area contributed by atoms with Gasteiger partial charge in [0.2, 0.25) is 0 Å². The van der Waals surface area contributed by atoms with Crippen molar-refractivity contribution < 1.29 is 92.1 Å². The monoisotopic (exact) mass is 520 g/mol. The Bertz CT molecular complexity index is 761. The number of rotatable bonds is 6. The van der Waals surface area contributed by atoms with Crippen LogP contribution in [-0.4, -0.2) is 72.2 Å². The third kappa shape index (κ3) is 11.5. The van der Waals surface area contributed by atoms with E-state index in [1.165, 1.54) is 0 Å². The first kappa shape index (κ1) is 34.5. The molecule has 0 fully saturated rings. The Morgan fingerprint density at radius 1 is 0.833 bits per heavy atom. The molecule has 2 N–H and O–H groups in total. The second-order valence-electron chi connectivity index (χ2n) is 4.70. The molecule has 0 heterocycles. The van der Waals surface area contributed by atoms with Gasteiger partial charge >= 0.3 is 40.1 Å². The number of benzene rings is 1. The van der Waals surface area contributed by atoms with Gasteiger partial charge in [0, 0.05) is 0 Å². The van der Waals surface area contributed by atoms with E-state index in [9.17, 15) is 52.3 Å². The van der Waals surface area contributed by atoms with Crippen LogP contribution in [0.4, 0.5) is 26.3 Å². The topological polar surface area (TPSA) is 155 Å². The summed E-state index contributed by atoms with van der Waals surface area (Å²) in [5.74, 6) is 0. The Labute approximate surface area is 195 Å². The maximum atomic E-state index is 11.9. The Kier molecular flexibility index (Phi) is 16.2. The standard InChI is InChI=1S/C6H6S.2C3H5F3O4S.Na/c7-6-4-2-1-3-5-6;2*4-2(1-7)3(5,6)11(8,9)10;/h1-5,7H;2*2,7H,1H2,(H,8,9,10);/q;;;+1/p-1. The van der Waals surface area contributed by atoms with Gasteiger partial charge in [0.1, 0.15) is 4.90 Å². The first-order valence-corrected chi connectivity index (χ1v) is 10.1. The molecule has 1 aromatic rings. The van der Waals surface area contributed by atoms with Crippen LogP contribution in [-0.2, 0) is 32.9 Å². The molecule has 0 aliphatic carbocycles.